The van der Waals surface area contributed by atoms with Gasteiger partial charge in [0.15, 0.2) is 0 Å². The number of aliphatic hydroxyl groups excluding tert-OH is 1. The van der Waals surface area contributed by atoms with Crippen molar-refractivity contribution in [3.05, 3.63) is 0 Å². The molecule has 13 heavy (non-hydrogen) atoms. The van der Waals surface area contributed by atoms with Crippen LogP contribution >= 0.6 is 0 Å². The molecule has 0 heterocycles. The summed E-state index contributed by atoms with van der Waals surface area (Å²) in [4.78, 5) is 0. The highest BCUT2D eigenvalue weighted by atomic mass is 16.3. The van der Waals surface area contributed by atoms with E-state index in [1.807, 2.05) is 0 Å². The fourth-order valence-corrected chi connectivity index (χ4v) is 1.87. The van der Waals surface area contributed by atoms with Gasteiger partial charge in [0.2, 0.25) is 0 Å². The molecule has 0 bridgehead atoms. The van der Waals surface area contributed by atoms with Crippen LogP contribution in [0, 0.1) is 0 Å². The molecule has 1 N–H and O–H groups in total. The Hall–Kier alpha value is -0.0800. The van der Waals surface area contributed by atoms with Crippen molar-refractivity contribution in [1.29, 1.82) is 0 Å². The molecule has 2 heteroatoms. The largest absolute Gasteiger partial charge is 0.396 e. The maximum Gasteiger partial charge on any atom is 0.0808 e. The van der Waals surface area contributed by atoms with Gasteiger partial charge in [-0.1, -0.05) is 13.3 Å². The lowest BCUT2D eigenvalue weighted by molar-refractivity contribution is -0.925. The smallest absolute Gasteiger partial charge is 0.0808 e. The zero-order valence-electron chi connectivity index (χ0n) is 9.55. The Balaban J connectivity index is 3.97. The summed E-state index contributed by atoms with van der Waals surface area (Å²) in [7, 11) is 0. The Morgan fingerprint density at radius 2 is 1.46 bits per heavy atom. The predicted octanol–water partition coefficient (Wildman–Crippen LogP) is 2.03. The van der Waals surface area contributed by atoms with E-state index in [4.69, 9.17) is 5.11 Å². The normalized spacial score (nSPS) is 12.0. The van der Waals surface area contributed by atoms with Crippen LogP contribution in [0.25, 0.3) is 0 Å². The van der Waals surface area contributed by atoms with Gasteiger partial charge in [-0.05, 0) is 20.3 Å². The van der Waals surface area contributed by atoms with Crippen LogP contribution in [-0.2, 0) is 0 Å². The van der Waals surface area contributed by atoms with E-state index in [0.29, 0.717) is 6.61 Å². The topological polar surface area (TPSA) is 20.2 Å². The highest BCUT2D eigenvalue weighted by Crippen LogP contribution is 2.10. The molecule has 0 unspecified atom stereocenters. The number of rotatable bonds is 8. The molecule has 0 saturated carbocycles. The maximum atomic E-state index is 8.84. The minimum atomic E-state index is 0.339. The van der Waals surface area contributed by atoms with Crippen molar-refractivity contribution < 1.29 is 9.59 Å². The van der Waals surface area contributed by atoms with Gasteiger partial charge >= 0.3 is 0 Å². The third-order valence-electron chi connectivity index (χ3n) is 3.12. The Bertz CT molecular complexity index is 101. The lowest BCUT2D eigenvalue weighted by Gasteiger charge is -2.36. The van der Waals surface area contributed by atoms with E-state index in [1.54, 1.807) is 0 Å². The third kappa shape index (κ3) is 4.63. The second-order valence-electron chi connectivity index (χ2n) is 3.85. The van der Waals surface area contributed by atoms with Crippen molar-refractivity contribution in [3.8, 4) is 0 Å². The summed E-state index contributed by atoms with van der Waals surface area (Å²) in [5.41, 5.74) is 0. The first-order valence-electron chi connectivity index (χ1n) is 5.70. The van der Waals surface area contributed by atoms with Gasteiger partial charge in [-0.2, -0.15) is 0 Å². The molecule has 0 fully saturated rings. The van der Waals surface area contributed by atoms with E-state index in [0.717, 1.165) is 13.0 Å². The van der Waals surface area contributed by atoms with Crippen LogP contribution in [0.5, 0.6) is 0 Å². The van der Waals surface area contributed by atoms with Gasteiger partial charge in [-0.15, -0.1) is 0 Å². The molecule has 0 aromatic carbocycles. The second-order valence-corrected chi connectivity index (χ2v) is 3.85. The summed E-state index contributed by atoms with van der Waals surface area (Å²) in [6, 6.07) is 0. The first-order chi connectivity index (χ1) is 6.24. The molecular weight excluding hydrogens is 162 g/mol. The predicted molar refractivity (Wildman–Crippen MR) is 57.7 cm³/mol. The number of unbranched alkanes of at least 4 members (excludes halogenated alkanes) is 1. The van der Waals surface area contributed by atoms with Gasteiger partial charge in [-0.25, -0.2) is 0 Å². The molecule has 0 spiro atoms. The highest BCUT2D eigenvalue weighted by Gasteiger charge is 2.21. The molecule has 0 aromatic heterocycles. The number of quaternary nitrogens is 1. The van der Waals surface area contributed by atoms with Crippen LogP contribution in [0.3, 0.4) is 0 Å². The van der Waals surface area contributed by atoms with Gasteiger partial charge in [0.25, 0.3) is 0 Å². The Kier molecular flexibility index (Phi) is 7.29. The summed E-state index contributed by atoms with van der Waals surface area (Å²) in [5, 5.41) is 8.84. The minimum absolute atomic E-state index is 0.339. The molecule has 0 atom stereocenters. The van der Waals surface area contributed by atoms with E-state index in [-0.39, 0.29) is 0 Å². The van der Waals surface area contributed by atoms with Crippen molar-refractivity contribution in [3.63, 3.8) is 0 Å². The molecule has 0 aromatic rings. The highest BCUT2D eigenvalue weighted by molar-refractivity contribution is 4.43. The Morgan fingerprint density at radius 3 is 1.85 bits per heavy atom. The molecule has 80 valence electrons. The zero-order chi connectivity index (χ0) is 10.2. The van der Waals surface area contributed by atoms with Gasteiger partial charge in [0, 0.05) is 13.0 Å². The van der Waals surface area contributed by atoms with Crippen molar-refractivity contribution in [2.45, 2.75) is 40.0 Å². The van der Waals surface area contributed by atoms with E-state index in [9.17, 15) is 0 Å². The van der Waals surface area contributed by atoms with Gasteiger partial charge < -0.3 is 9.59 Å². The maximum absolute atomic E-state index is 8.84. The number of aliphatic hydroxyl groups is 1. The molecule has 0 aliphatic rings. The molecule has 2 nitrogen and oxygen atoms in total. The van der Waals surface area contributed by atoms with Crippen molar-refractivity contribution in [2.75, 3.05) is 32.8 Å². The van der Waals surface area contributed by atoms with Crippen LogP contribution in [-0.4, -0.2) is 42.4 Å². The molecule has 0 aliphatic heterocycles. The first kappa shape index (κ1) is 12.9. The second kappa shape index (κ2) is 7.34. The van der Waals surface area contributed by atoms with E-state index >= 15 is 0 Å². The van der Waals surface area contributed by atoms with Crippen LogP contribution in [0.4, 0.5) is 0 Å². The lowest BCUT2D eigenvalue weighted by atomic mass is 10.2. The summed E-state index contributed by atoms with van der Waals surface area (Å²) < 4.78 is 1.19. The van der Waals surface area contributed by atoms with Gasteiger partial charge in [0.05, 0.1) is 26.2 Å². The average Bonchev–Trinajstić information content (AvgIpc) is 2.20. The van der Waals surface area contributed by atoms with Gasteiger partial charge in [0.1, 0.15) is 0 Å². The molecule has 0 aliphatic carbocycles. The first-order valence-corrected chi connectivity index (χ1v) is 5.70. The van der Waals surface area contributed by atoms with Crippen molar-refractivity contribution >= 4 is 0 Å². The fraction of sp³-hybridized carbons (Fsp3) is 1.00. The van der Waals surface area contributed by atoms with Crippen LogP contribution in [0.1, 0.15) is 40.0 Å². The van der Waals surface area contributed by atoms with Gasteiger partial charge in [-0.3, -0.25) is 0 Å². The van der Waals surface area contributed by atoms with E-state index < -0.39 is 0 Å². The van der Waals surface area contributed by atoms with Crippen LogP contribution < -0.4 is 0 Å². The van der Waals surface area contributed by atoms with Crippen LogP contribution in [0.15, 0.2) is 0 Å². The van der Waals surface area contributed by atoms with Crippen molar-refractivity contribution in [2.24, 2.45) is 0 Å². The number of hydrogen-bond donors (Lipinski definition) is 1. The average molecular weight is 188 g/mol. The quantitative estimate of drug-likeness (QED) is 0.578. The van der Waals surface area contributed by atoms with Crippen LogP contribution in [0.2, 0.25) is 0 Å². The summed E-state index contributed by atoms with van der Waals surface area (Å²) in [5.74, 6) is 0. The van der Waals surface area contributed by atoms with E-state index in [2.05, 4.69) is 20.8 Å². The molecule has 0 radical (unpaired) electrons. The fourth-order valence-electron chi connectivity index (χ4n) is 1.87. The van der Waals surface area contributed by atoms with Crippen molar-refractivity contribution in [1.82, 2.24) is 0 Å². The minimum Gasteiger partial charge on any atom is -0.396 e. The zero-order valence-corrected chi connectivity index (χ0v) is 9.55. The molecular formula is C11H26NO+. The molecule has 0 rings (SSSR count). The number of hydrogen-bond acceptors (Lipinski definition) is 1. The lowest BCUT2D eigenvalue weighted by Crippen LogP contribution is -2.49. The third-order valence-corrected chi connectivity index (χ3v) is 3.12. The Morgan fingerprint density at radius 1 is 0.923 bits per heavy atom. The standard InChI is InChI=1S/C11H26NO/c1-4-7-9-12(5-2,6-3)10-8-11-13/h13H,4-11H2,1-3H3/q+1. The molecule has 0 saturated heterocycles. The number of nitrogens with zero attached hydrogens (tertiary/aromatic N) is 1. The SMILES string of the molecule is CCCC[N+](CC)(CC)CCCO. The molecule has 0 amide bonds. The summed E-state index contributed by atoms with van der Waals surface area (Å²) >= 11 is 0. The van der Waals surface area contributed by atoms with E-state index in [1.165, 1.54) is 37.0 Å². The Labute approximate surface area is 83.2 Å². The summed E-state index contributed by atoms with van der Waals surface area (Å²) in [6.07, 6.45) is 3.54. The summed E-state index contributed by atoms with van der Waals surface area (Å²) in [6.45, 7) is 11.9. The monoisotopic (exact) mass is 188 g/mol.